The normalized spacial score (nSPS) is 19.7. The van der Waals surface area contributed by atoms with E-state index in [4.69, 9.17) is 4.42 Å². The lowest BCUT2D eigenvalue weighted by Gasteiger charge is -2.34. The van der Waals surface area contributed by atoms with Crippen molar-refractivity contribution in [1.29, 1.82) is 0 Å². The van der Waals surface area contributed by atoms with Crippen molar-refractivity contribution in [2.24, 2.45) is 0 Å². The van der Waals surface area contributed by atoms with Crippen LogP contribution in [0.1, 0.15) is 63.0 Å². The minimum atomic E-state index is -3.68. The first-order valence-electron chi connectivity index (χ1n) is 11.6. The number of amides is 1. The molecule has 1 amide bonds. The van der Waals surface area contributed by atoms with Crippen LogP contribution in [0.4, 0.5) is 5.69 Å². The van der Waals surface area contributed by atoms with Gasteiger partial charge in [-0.25, -0.2) is 13.1 Å². The first kappa shape index (κ1) is 23.0. The molecule has 1 aromatic carbocycles. The molecule has 32 heavy (non-hydrogen) atoms. The number of rotatable bonds is 7. The molecule has 1 aromatic heterocycles. The van der Waals surface area contributed by atoms with Crippen LogP contribution >= 0.6 is 0 Å². The van der Waals surface area contributed by atoms with Crippen molar-refractivity contribution < 1.29 is 17.6 Å². The highest BCUT2D eigenvalue weighted by atomic mass is 32.2. The van der Waals surface area contributed by atoms with E-state index in [9.17, 15) is 13.2 Å². The summed E-state index contributed by atoms with van der Waals surface area (Å²) < 4.78 is 34.3. The number of carbonyl (C=O) groups is 1. The predicted molar refractivity (Wildman–Crippen MR) is 124 cm³/mol. The summed E-state index contributed by atoms with van der Waals surface area (Å²) in [7, 11) is -3.68. The number of anilines is 1. The summed E-state index contributed by atoms with van der Waals surface area (Å²) in [6.45, 7) is 6.39. The summed E-state index contributed by atoms with van der Waals surface area (Å²) in [6, 6.07) is 9.37. The molecule has 1 fully saturated rings. The van der Waals surface area contributed by atoms with E-state index in [0.717, 1.165) is 49.4 Å². The molecule has 0 unspecified atom stereocenters. The zero-order valence-corrected chi connectivity index (χ0v) is 19.8. The third-order valence-electron chi connectivity index (χ3n) is 6.59. The van der Waals surface area contributed by atoms with Gasteiger partial charge in [-0.3, -0.25) is 9.69 Å². The number of sulfonamides is 1. The third-order valence-corrected chi connectivity index (χ3v) is 7.99. The Morgan fingerprint density at radius 2 is 1.94 bits per heavy atom. The number of aryl methyl sites for hydroxylation is 1. The van der Waals surface area contributed by atoms with E-state index >= 15 is 0 Å². The summed E-state index contributed by atoms with van der Waals surface area (Å²) in [5, 5.41) is 0. The Morgan fingerprint density at radius 3 is 2.72 bits per heavy atom. The Labute approximate surface area is 190 Å². The van der Waals surface area contributed by atoms with Gasteiger partial charge < -0.3 is 9.32 Å². The summed E-state index contributed by atoms with van der Waals surface area (Å²) in [5.41, 5.74) is 1.70. The van der Waals surface area contributed by atoms with E-state index in [-0.39, 0.29) is 17.3 Å². The minimum Gasteiger partial charge on any atom is -0.463 e. The zero-order chi connectivity index (χ0) is 22.7. The van der Waals surface area contributed by atoms with Gasteiger partial charge in [0.05, 0.1) is 18.0 Å². The van der Waals surface area contributed by atoms with E-state index in [1.54, 1.807) is 23.1 Å². The molecule has 2 aliphatic rings. The molecule has 4 rings (SSSR count). The predicted octanol–water partition coefficient (Wildman–Crippen LogP) is 3.82. The second-order valence-electron chi connectivity index (χ2n) is 8.79. The molecule has 174 valence electrons. The van der Waals surface area contributed by atoms with Crippen LogP contribution in [0, 0.1) is 0 Å². The standard InChI is InChI=1S/C24H33N3O4S/c1-3-20-8-4-5-13-26(20)17-22-10-9-21(31-22)16-25-32(29,30)23-11-12-24-19(15-23)7-6-14-27(24)18(2)28/h9-12,15,20,25H,3-8,13-14,16-17H2,1-2H3/t20-/m1/s1. The molecule has 2 aromatic rings. The summed E-state index contributed by atoms with van der Waals surface area (Å²) in [4.78, 5) is 16.2. The van der Waals surface area contributed by atoms with Crippen molar-refractivity contribution in [2.75, 3.05) is 18.0 Å². The number of fused-ring (bicyclic) bond motifs is 1. The van der Waals surface area contributed by atoms with Crippen LogP contribution in [0.25, 0.3) is 0 Å². The third kappa shape index (κ3) is 5.08. The van der Waals surface area contributed by atoms with Gasteiger partial charge in [-0.15, -0.1) is 0 Å². The van der Waals surface area contributed by atoms with Crippen LogP contribution < -0.4 is 9.62 Å². The maximum atomic E-state index is 12.9. The fraction of sp³-hybridized carbons (Fsp3) is 0.542. The number of nitrogens with one attached hydrogen (secondary N) is 1. The molecule has 1 N–H and O–H groups in total. The van der Waals surface area contributed by atoms with E-state index in [0.29, 0.717) is 18.3 Å². The molecule has 0 spiro atoms. The van der Waals surface area contributed by atoms with Gasteiger partial charge in [-0.05, 0) is 74.5 Å². The van der Waals surface area contributed by atoms with E-state index < -0.39 is 10.0 Å². The number of likely N-dealkylation sites (tertiary alicyclic amines) is 1. The molecule has 1 atom stereocenters. The fourth-order valence-corrected chi connectivity index (χ4v) is 5.89. The van der Waals surface area contributed by atoms with Gasteiger partial charge in [0.2, 0.25) is 15.9 Å². The summed E-state index contributed by atoms with van der Waals surface area (Å²) >= 11 is 0. The number of nitrogens with zero attached hydrogens (tertiary/aromatic N) is 2. The monoisotopic (exact) mass is 459 g/mol. The Bertz CT molecular complexity index is 1060. The number of carbonyl (C=O) groups excluding carboxylic acids is 1. The van der Waals surface area contributed by atoms with Gasteiger partial charge >= 0.3 is 0 Å². The largest absolute Gasteiger partial charge is 0.463 e. The molecule has 0 saturated carbocycles. The minimum absolute atomic E-state index is 0.0249. The van der Waals surface area contributed by atoms with E-state index in [2.05, 4.69) is 16.5 Å². The first-order valence-corrected chi connectivity index (χ1v) is 13.1. The van der Waals surface area contributed by atoms with Crippen LogP contribution in [-0.2, 0) is 34.3 Å². The van der Waals surface area contributed by atoms with Crippen LogP contribution in [-0.4, -0.2) is 38.4 Å². The number of benzene rings is 1. The van der Waals surface area contributed by atoms with Crippen molar-refractivity contribution in [3.63, 3.8) is 0 Å². The number of hydrogen-bond donors (Lipinski definition) is 1. The van der Waals surface area contributed by atoms with Gasteiger partial charge in [0.25, 0.3) is 0 Å². The van der Waals surface area contributed by atoms with Crippen molar-refractivity contribution in [3.05, 3.63) is 47.4 Å². The maximum absolute atomic E-state index is 12.9. The number of hydrogen-bond acceptors (Lipinski definition) is 5. The van der Waals surface area contributed by atoms with Crippen LogP contribution in [0.5, 0.6) is 0 Å². The zero-order valence-electron chi connectivity index (χ0n) is 19.0. The SMILES string of the molecule is CC[C@@H]1CCCCN1Cc1ccc(CNS(=O)(=O)c2ccc3c(c2)CCCN3C(C)=O)o1. The van der Waals surface area contributed by atoms with Gasteiger partial charge in [0.1, 0.15) is 11.5 Å². The Kier molecular flexibility index (Phi) is 7.02. The topological polar surface area (TPSA) is 82.9 Å². The average Bonchev–Trinajstić information content (AvgIpc) is 3.24. The molecule has 3 heterocycles. The van der Waals surface area contributed by atoms with E-state index in [1.807, 2.05) is 12.1 Å². The van der Waals surface area contributed by atoms with Crippen molar-refractivity contribution in [2.45, 2.75) is 76.4 Å². The highest BCUT2D eigenvalue weighted by Gasteiger charge is 2.24. The summed E-state index contributed by atoms with van der Waals surface area (Å²) in [5.74, 6) is 1.45. The fourth-order valence-electron chi connectivity index (χ4n) is 4.85. The molecule has 1 saturated heterocycles. The molecule has 7 nitrogen and oxygen atoms in total. The Hall–Kier alpha value is -2.16. The van der Waals surface area contributed by atoms with Gasteiger partial charge in [-0.2, -0.15) is 0 Å². The molecular weight excluding hydrogens is 426 g/mol. The molecular formula is C24H33N3O4S. The lowest BCUT2D eigenvalue weighted by atomic mass is 10.00. The van der Waals surface area contributed by atoms with Crippen LogP contribution in [0.3, 0.4) is 0 Å². The van der Waals surface area contributed by atoms with Crippen LogP contribution in [0.15, 0.2) is 39.6 Å². The van der Waals surface area contributed by atoms with Gasteiger partial charge in [0, 0.05) is 25.2 Å². The maximum Gasteiger partial charge on any atom is 0.240 e. The molecule has 0 aliphatic carbocycles. The second-order valence-corrected chi connectivity index (χ2v) is 10.6. The van der Waals surface area contributed by atoms with Gasteiger partial charge in [0.15, 0.2) is 0 Å². The lowest BCUT2D eigenvalue weighted by Crippen LogP contribution is -2.38. The Balaban J connectivity index is 1.40. The van der Waals surface area contributed by atoms with E-state index in [1.165, 1.54) is 26.2 Å². The van der Waals surface area contributed by atoms with Crippen LogP contribution in [0.2, 0.25) is 0 Å². The Morgan fingerprint density at radius 1 is 1.12 bits per heavy atom. The summed E-state index contributed by atoms with van der Waals surface area (Å²) in [6.07, 6.45) is 6.46. The van der Waals surface area contributed by atoms with Crippen molar-refractivity contribution in [1.82, 2.24) is 9.62 Å². The first-order chi connectivity index (χ1) is 15.4. The van der Waals surface area contributed by atoms with Crippen molar-refractivity contribution in [3.8, 4) is 0 Å². The average molecular weight is 460 g/mol. The quantitative estimate of drug-likeness (QED) is 0.681. The molecule has 0 bridgehead atoms. The highest BCUT2D eigenvalue weighted by Crippen LogP contribution is 2.29. The lowest BCUT2D eigenvalue weighted by molar-refractivity contribution is -0.116. The highest BCUT2D eigenvalue weighted by molar-refractivity contribution is 7.89. The molecule has 8 heteroatoms. The van der Waals surface area contributed by atoms with Gasteiger partial charge in [-0.1, -0.05) is 13.3 Å². The number of furan rings is 1. The molecule has 2 aliphatic heterocycles. The number of piperidine rings is 1. The molecule has 0 radical (unpaired) electrons. The van der Waals surface area contributed by atoms with Crippen molar-refractivity contribution >= 4 is 21.6 Å². The smallest absolute Gasteiger partial charge is 0.240 e. The second kappa shape index (κ2) is 9.77.